The standard InChI is InChI=1S/C6H13N2/c1-8-5-2-3-7-4-6-8/h6-7H,2-5H2,1H3. The van der Waals surface area contributed by atoms with Gasteiger partial charge >= 0.3 is 0 Å². The highest BCUT2D eigenvalue weighted by molar-refractivity contribution is 4.71. The van der Waals surface area contributed by atoms with Crippen molar-refractivity contribution < 1.29 is 0 Å². The second kappa shape index (κ2) is 3.05. The number of hydrogen-bond donors (Lipinski definition) is 1. The Morgan fingerprint density at radius 2 is 2.50 bits per heavy atom. The summed E-state index contributed by atoms with van der Waals surface area (Å²) >= 11 is 0. The van der Waals surface area contributed by atoms with E-state index >= 15 is 0 Å². The Hall–Kier alpha value is -0.0800. The van der Waals surface area contributed by atoms with Crippen molar-refractivity contribution in [3.8, 4) is 0 Å². The minimum absolute atomic E-state index is 1.04. The van der Waals surface area contributed by atoms with Crippen molar-refractivity contribution in [3.05, 3.63) is 6.54 Å². The largest absolute Gasteiger partial charge is 0.315 e. The number of rotatable bonds is 0. The molecule has 0 aromatic rings. The van der Waals surface area contributed by atoms with Crippen molar-refractivity contribution in [1.29, 1.82) is 0 Å². The Balaban J connectivity index is 2.17. The van der Waals surface area contributed by atoms with Gasteiger partial charge in [-0.25, -0.2) is 0 Å². The lowest BCUT2D eigenvalue weighted by Crippen LogP contribution is -2.18. The molecular formula is C6H13N2. The molecule has 2 nitrogen and oxygen atoms in total. The van der Waals surface area contributed by atoms with E-state index in [1.54, 1.807) is 0 Å². The normalized spacial score (nSPS) is 25.1. The highest BCUT2D eigenvalue weighted by Gasteiger charge is 2.01. The first-order chi connectivity index (χ1) is 3.89. The third-order valence-electron chi connectivity index (χ3n) is 1.41. The summed E-state index contributed by atoms with van der Waals surface area (Å²) in [5, 5.41) is 3.28. The Bertz CT molecular complexity index is 55.5. The first kappa shape index (κ1) is 6.05. The monoisotopic (exact) mass is 113 g/mol. The van der Waals surface area contributed by atoms with Crippen molar-refractivity contribution >= 4 is 0 Å². The molecule has 0 unspecified atom stereocenters. The molecule has 2 heteroatoms. The van der Waals surface area contributed by atoms with E-state index in [-0.39, 0.29) is 0 Å². The molecule has 0 aromatic carbocycles. The summed E-state index contributed by atoms with van der Waals surface area (Å²) in [7, 11) is 2.12. The molecule has 1 aliphatic heterocycles. The zero-order valence-electron chi connectivity index (χ0n) is 5.35. The van der Waals surface area contributed by atoms with Gasteiger partial charge in [0, 0.05) is 13.1 Å². The molecule has 1 heterocycles. The van der Waals surface area contributed by atoms with E-state index in [1.165, 1.54) is 19.5 Å². The van der Waals surface area contributed by atoms with Crippen LogP contribution in [0.15, 0.2) is 0 Å². The summed E-state index contributed by atoms with van der Waals surface area (Å²) in [5.41, 5.74) is 0. The Morgan fingerprint density at radius 1 is 1.62 bits per heavy atom. The average Bonchev–Trinajstić information content (AvgIpc) is 1.94. The molecule has 47 valence electrons. The molecule has 1 aliphatic rings. The van der Waals surface area contributed by atoms with Crippen LogP contribution in [0.2, 0.25) is 0 Å². The van der Waals surface area contributed by atoms with E-state index in [2.05, 4.69) is 23.8 Å². The highest BCUT2D eigenvalue weighted by atomic mass is 15.1. The van der Waals surface area contributed by atoms with Crippen LogP contribution in [0.4, 0.5) is 0 Å². The lowest BCUT2D eigenvalue weighted by molar-refractivity contribution is 0.417. The molecule has 1 N–H and O–H groups in total. The minimum atomic E-state index is 1.04. The minimum Gasteiger partial charge on any atom is -0.315 e. The maximum Gasteiger partial charge on any atom is 0.0385 e. The Morgan fingerprint density at radius 3 is 3.38 bits per heavy atom. The summed E-state index contributed by atoms with van der Waals surface area (Å²) in [6, 6.07) is 0. The van der Waals surface area contributed by atoms with Gasteiger partial charge in [0.1, 0.15) is 0 Å². The van der Waals surface area contributed by atoms with Gasteiger partial charge in [-0.3, -0.25) is 0 Å². The van der Waals surface area contributed by atoms with E-state index in [0.29, 0.717) is 0 Å². The number of hydrogen-bond acceptors (Lipinski definition) is 2. The van der Waals surface area contributed by atoms with Gasteiger partial charge in [0.05, 0.1) is 0 Å². The van der Waals surface area contributed by atoms with Gasteiger partial charge in [-0.2, -0.15) is 0 Å². The summed E-state index contributed by atoms with van der Waals surface area (Å²) < 4.78 is 0. The molecule has 1 saturated heterocycles. The van der Waals surface area contributed by atoms with Gasteiger partial charge < -0.3 is 10.2 Å². The summed E-state index contributed by atoms with van der Waals surface area (Å²) in [6.07, 6.45) is 1.27. The first-order valence-corrected chi connectivity index (χ1v) is 3.14. The molecule has 1 radical (unpaired) electrons. The molecule has 8 heavy (non-hydrogen) atoms. The summed E-state index contributed by atoms with van der Waals surface area (Å²) in [6.45, 7) is 5.59. The van der Waals surface area contributed by atoms with Gasteiger partial charge in [0.15, 0.2) is 0 Å². The number of nitrogens with one attached hydrogen (secondary N) is 1. The van der Waals surface area contributed by atoms with Gasteiger partial charge in [0.25, 0.3) is 0 Å². The van der Waals surface area contributed by atoms with Crippen LogP contribution in [0.25, 0.3) is 0 Å². The van der Waals surface area contributed by atoms with Crippen LogP contribution in [-0.4, -0.2) is 31.6 Å². The molecule has 0 amide bonds. The predicted octanol–water partition coefficient (Wildman–Crippen LogP) is 0.0733. The quantitative estimate of drug-likeness (QED) is 0.478. The number of likely N-dealkylation sites (N-methyl/N-ethyl adjacent to an activating group) is 1. The second-order valence-corrected chi connectivity index (χ2v) is 2.22. The fraction of sp³-hybridized carbons (Fsp3) is 0.833. The molecule has 0 aliphatic carbocycles. The van der Waals surface area contributed by atoms with Gasteiger partial charge in [0.2, 0.25) is 0 Å². The summed E-state index contributed by atoms with van der Waals surface area (Å²) in [4.78, 5) is 2.24. The van der Waals surface area contributed by atoms with Crippen LogP contribution in [-0.2, 0) is 0 Å². The fourth-order valence-corrected chi connectivity index (χ4v) is 0.867. The molecule has 0 saturated carbocycles. The SMILES string of the molecule is CN1[CH]CNCCC1. The van der Waals surface area contributed by atoms with E-state index in [0.717, 1.165) is 6.54 Å². The van der Waals surface area contributed by atoms with Gasteiger partial charge in [-0.1, -0.05) is 0 Å². The van der Waals surface area contributed by atoms with Crippen molar-refractivity contribution in [2.24, 2.45) is 0 Å². The number of nitrogens with zero attached hydrogens (tertiary/aromatic N) is 1. The zero-order chi connectivity index (χ0) is 5.82. The van der Waals surface area contributed by atoms with Crippen molar-refractivity contribution in [2.45, 2.75) is 6.42 Å². The van der Waals surface area contributed by atoms with E-state index in [9.17, 15) is 0 Å². The van der Waals surface area contributed by atoms with Crippen molar-refractivity contribution in [1.82, 2.24) is 10.2 Å². The van der Waals surface area contributed by atoms with E-state index < -0.39 is 0 Å². The third-order valence-corrected chi connectivity index (χ3v) is 1.41. The van der Waals surface area contributed by atoms with Crippen molar-refractivity contribution in [3.63, 3.8) is 0 Å². The molecular weight excluding hydrogens is 100 g/mol. The average molecular weight is 113 g/mol. The lowest BCUT2D eigenvalue weighted by Gasteiger charge is -2.09. The van der Waals surface area contributed by atoms with Gasteiger partial charge in [-0.15, -0.1) is 0 Å². The summed E-state index contributed by atoms with van der Waals surface area (Å²) in [5.74, 6) is 0. The second-order valence-electron chi connectivity index (χ2n) is 2.22. The Kier molecular flexibility index (Phi) is 2.30. The van der Waals surface area contributed by atoms with Crippen LogP contribution in [0.1, 0.15) is 6.42 Å². The van der Waals surface area contributed by atoms with Crippen LogP contribution >= 0.6 is 0 Å². The van der Waals surface area contributed by atoms with Crippen LogP contribution in [0.5, 0.6) is 0 Å². The van der Waals surface area contributed by atoms with Crippen molar-refractivity contribution in [2.75, 3.05) is 26.7 Å². The lowest BCUT2D eigenvalue weighted by atomic mass is 10.4. The molecule has 0 spiro atoms. The fourth-order valence-electron chi connectivity index (χ4n) is 0.867. The maximum absolute atomic E-state index is 3.28. The van der Waals surface area contributed by atoms with Crippen LogP contribution < -0.4 is 5.32 Å². The van der Waals surface area contributed by atoms with Crippen LogP contribution in [0, 0.1) is 6.54 Å². The van der Waals surface area contributed by atoms with Crippen LogP contribution in [0.3, 0.4) is 0 Å². The van der Waals surface area contributed by atoms with Gasteiger partial charge in [-0.05, 0) is 26.6 Å². The molecule has 1 rings (SSSR count). The third kappa shape index (κ3) is 1.80. The molecule has 0 aromatic heterocycles. The predicted molar refractivity (Wildman–Crippen MR) is 34.4 cm³/mol. The molecule has 0 bridgehead atoms. The molecule has 0 atom stereocenters. The zero-order valence-corrected chi connectivity index (χ0v) is 5.35. The van der Waals surface area contributed by atoms with E-state index in [1.807, 2.05) is 0 Å². The maximum atomic E-state index is 3.28. The Labute approximate surface area is 50.9 Å². The topological polar surface area (TPSA) is 15.3 Å². The highest BCUT2D eigenvalue weighted by Crippen LogP contribution is 1.92. The smallest absolute Gasteiger partial charge is 0.0385 e. The first-order valence-electron chi connectivity index (χ1n) is 3.14. The van der Waals surface area contributed by atoms with E-state index in [4.69, 9.17) is 0 Å². The molecule has 1 fully saturated rings.